The molecule has 0 aliphatic heterocycles. The molecular weight excluding hydrogens is 330 g/mol. The summed E-state index contributed by atoms with van der Waals surface area (Å²) < 4.78 is 10.7. The zero-order valence-electron chi connectivity index (χ0n) is 12.8. The standard InChI is InChI=1S/C17H14ClN3O3/c1-11(23-14-10-6-5-9-13(14)18)15(22)19-17-20-16(24-21-17)12-7-3-2-4-8-12/h2-11H,1H3,(H,19,21,22). The van der Waals surface area contributed by atoms with Crippen molar-refractivity contribution in [1.29, 1.82) is 0 Å². The normalized spacial score (nSPS) is 11.8. The number of ether oxygens (including phenoxy) is 1. The summed E-state index contributed by atoms with van der Waals surface area (Å²) in [5.74, 6) is 0.425. The minimum atomic E-state index is -0.774. The summed E-state index contributed by atoms with van der Waals surface area (Å²) in [5.41, 5.74) is 0.769. The molecule has 2 aromatic carbocycles. The number of nitrogens with one attached hydrogen (secondary N) is 1. The average molecular weight is 344 g/mol. The topological polar surface area (TPSA) is 77.2 Å². The lowest BCUT2D eigenvalue weighted by Gasteiger charge is -2.14. The van der Waals surface area contributed by atoms with E-state index in [1.54, 1.807) is 31.2 Å². The second-order valence-corrected chi connectivity index (χ2v) is 5.38. The number of rotatable bonds is 5. The third kappa shape index (κ3) is 3.72. The van der Waals surface area contributed by atoms with Gasteiger partial charge in [0.05, 0.1) is 5.02 Å². The van der Waals surface area contributed by atoms with E-state index in [-0.39, 0.29) is 5.95 Å². The minimum Gasteiger partial charge on any atom is -0.479 e. The third-order valence-electron chi connectivity index (χ3n) is 3.19. The molecule has 122 valence electrons. The van der Waals surface area contributed by atoms with Crippen molar-refractivity contribution in [3.8, 4) is 17.2 Å². The summed E-state index contributed by atoms with van der Waals surface area (Å²) in [6.07, 6.45) is -0.774. The molecule has 1 N–H and O–H groups in total. The van der Waals surface area contributed by atoms with Crippen LogP contribution in [0.3, 0.4) is 0 Å². The molecule has 6 nitrogen and oxygen atoms in total. The lowest BCUT2D eigenvalue weighted by molar-refractivity contribution is -0.122. The quantitative estimate of drug-likeness (QED) is 0.762. The largest absolute Gasteiger partial charge is 0.479 e. The summed E-state index contributed by atoms with van der Waals surface area (Å²) in [5, 5.41) is 6.72. The van der Waals surface area contributed by atoms with Crippen LogP contribution in [0.4, 0.5) is 5.95 Å². The van der Waals surface area contributed by atoms with Gasteiger partial charge < -0.3 is 9.26 Å². The Kier molecular flexibility index (Phi) is 4.77. The van der Waals surface area contributed by atoms with E-state index in [2.05, 4.69) is 15.5 Å². The number of benzene rings is 2. The second-order valence-electron chi connectivity index (χ2n) is 4.97. The van der Waals surface area contributed by atoms with Crippen LogP contribution in [0.2, 0.25) is 5.02 Å². The predicted molar refractivity (Wildman–Crippen MR) is 89.9 cm³/mol. The van der Waals surface area contributed by atoms with E-state index in [1.165, 1.54) is 0 Å². The van der Waals surface area contributed by atoms with Crippen molar-refractivity contribution >= 4 is 23.5 Å². The zero-order chi connectivity index (χ0) is 16.9. The van der Waals surface area contributed by atoms with Crippen LogP contribution >= 0.6 is 11.6 Å². The van der Waals surface area contributed by atoms with Crippen molar-refractivity contribution < 1.29 is 14.1 Å². The van der Waals surface area contributed by atoms with E-state index in [4.69, 9.17) is 20.9 Å². The molecule has 0 saturated heterocycles. The maximum atomic E-state index is 12.2. The summed E-state index contributed by atoms with van der Waals surface area (Å²) in [6, 6.07) is 16.2. The Bertz CT molecular complexity index is 836. The van der Waals surface area contributed by atoms with Gasteiger partial charge in [0.2, 0.25) is 0 Å². The Morgan fingerprint density at radius 2 is 1.88 bits per heavy atom. The molecule has 0 radical (unpaired) electrons. The van der Waals surface area contributed by atoms with Crippen LogP contribution in [0.1, 0.15) is 6.92 Å². The molecule has 0 fully saturated rings. The lowest BCUT2D eigenvalue weighted by atomic mass is 10.2. The highest BCUT2D eigenvalue weighted by Crippen LogP contribution is 2.24. The summed E-state index contributed by atoms with van der Waals surface area (Å²) in [7, 11) is 0. The van der Waals surface area contributed by atoms with Crippen molar-refractivity contribution in [2.24, 2.45) is 0 Å². The number of para-hydroxylation sites is 1. The van der Waals surface area contributed by atoms with Crippen molar-refractivity contribution in [1.82, 2.24) is 10.1 Å². The number of amides is 1. The lowest BCUT2D eigenvalue weighted by Crippen LogP contribution is -2.30. The fraction of sp³-hybridized carbons (Fsp3) is 0.118. The van der Waals surface area contributed by atoms with E-state index in [0.717, 1.165) is 5.56 Å². The average Bonchev–Trinajstić information content (AvgIpc) is 3.06. The van der Waals surface area contributed by atoms with Crippen LogP contribution in [-0.2, 0) is 4.79 Å². The number of hydrogen-bond donors (Lipinski definition) is 1. The van der Waals surface area contributed by atoms with Crippen LogP contribution in [0.25, 0.3) is 11.5 Å². The van der Waals surface area contributed by atoms with Crippen LogP contribution in [-0.4, -0.2) is 22.2 Å². The predicted octanol–water partition coefficient (Wildman–Crippen LogP) is 3.80. The first kappa shape index (κ1) is 16.0. The monoisotopic (exact) mass is 343 g/mol. The molecule has 0 aliphatic carbocycles. The van der Waals surface area contributed by atoms with Gasteiger partial charge in [-0.05, 0) is 36.3 Å². The number of hydrogen-bond acceptors (Lipinski definition) is 5. The number of carbonyl (C=O) groups excluding carboxylic acids is 1. The van der Waals surface area contributed by atoms with Crippen LogP contribution in [0.15, 0.2) is 59.1 Å². The van der Waals surface area contributed by atoms with E-state index in [1.807, 2.05) is 30.3 Å². The molecule has 24 heavy (non-hydrogen) atoms. The SMILES string of the molecule is CC(Oc1ccccc1Cl)C(=O)Nc1noc(-c2ccccc2)n1. The molecule has 0 spiro atoms. The zero-order valence-corrected chi connectivity index (χ0v) is 13.5. The molecule has 1 atom stereocenters. The second kappa shape index (κ2) is 7.14. The van der Waals surface area contributed by atoms with Crippen LogP contribution in [0, 0.1) is 0 Å². The molecule has 0 aliphatic rings. The molecular formula is C17H14ClN3O3. The smallest absolute Gasteiger partial charge is 0.270 e. The Morgan fingerprint density at radius 1 is 1.17 bits per heavy atom. The van der Waals surface area contributed by atoms with E-state index in [0.29, 0.717) is 16.7 Å². The van der Waals surface area contributed by atoms with Gasteiger partial charge in [-0.2, -0.15) is 4.98 Å². The molecule has 3 aromatic rings. The number of carbonyl (C=O) groups is 1. The molecule has 1 heterocycles. The molecule has 1 aromatic heterocycles. The molecule has 1 unspecified atom stereocenters. The first-order valence-electron chi connectivity index (χ1n) is 7.24. The van der Waals surface area contributed by atoms with Gasteiger partial charge in [0.25, 0.3) is 17.7 Å². The Balaban J connectivity index is 1.65. The Labute approximate surface area is 143 Å². The highest BCUT2D eigenvalue weighted by molar-refractivity contribution is 6.32. The van der Waals surface area contributed by atoms with Crippen LogP contribution < -0.4 is 10.1 Å². The number of nitrogens with zero attached hydrogens (tertiary/aromatic N) is 2. The molecule has 0 bridgehead atoms. The maximum Gasteiger partial charge on any atom is 0.270 e. The van der Waals surface area contributed by atoms with Crippen molar-refractivity contribution in [3.05, 3.63) is 59.6 Å². The van der Waals surface area contributed by atoms with Gasteiger partial charge in [0.1, 0.15) is 5.75 Å². The minimum absolute atomic E-state index is 0.0773. The molecule has 0 saturated carbocycles. The van der Waals surface area contributed by atoms with Crippen molar-refractivity contribution in [3.63, 3.8) is 0 Å². The summed E-state index contributed by atoms with van der Waals surface area (Å²) >= 11 is 6.01. The number of anilines is 1. The molecule has 3 rings (SSSR count). The van der Waals surface area contributed by atoms with Crippen molar-refractivity contribution in [2.45, 2.75) is 13.0 Å². The van der Waals surface area contributed by atoms with Gasteiger partial charge in [0.15, 0.2) is 6.10 Å². The highest BCUT2D eigenvalue weighted by Gasteiger charge is 2.19. The fourth-order valence-corrected chi connectivity index (χ4v) is 2.15. The van der Waals surface area contributed by atoms with Gasteiger partial charge in [-0.3, -0.25) is 10.1 Å². The van der Waals surface area contributed by atoms with Crippen molar-refractivity contribution in [2.75, 3.05) is 5.32 Å². The van der Waals surface area contributed by atoms with Crippen LogP contribution in [0.5, 0.6) is 5.75 Å². The highest BCUT2D eigenvalue weighted by atomic mass is 35.5. The van der Waals surface area contributed by atoms with E-state index >= 15 is 0 Å². The fourth-order valence-electron chi connectivity index (χ4n) is 1.97. The summed E-state index contributed by atoms with van der Waals surface area (Å²) in [4.78, 5) is 16.3. The third-order valence-corrected chi connectivity index (χ3v) is 3.50. The van der Waals surface area contributed by atoms with E-state index in [9.17, 15) is 4.79 Å². The first-order chi connectivity index (χ1) is 11.6. The Morgan fingerprint density at radius 3 is 2.62 bits per heavy atom. The maximum absolute atomic E-state index is 12.2. The Hall–Kier alpha value is -2.86. The van der Waals surface area contributed by atoms with Gasteiger partial charge >= 0.3 is 0 Å². The van der Waals surface area contributed by atoms with Gasteiger partial charge in [-0.25, -0.2) is 0 Å². The number of aromatic nitrogens is 2. The molecule has 1 amide bonds. The van der Waals surface area contributed by atoms with Gasteiger partial charge in [-0.15, -0.1) is 0 Å². The molecule has 7 heteroatoms. The number of halogens is 1. The summed E-state index contributed by atoms with van der Waals surface area (Å²) in [6.45, 7) is 1.61. The van der Waals surface area contributed by atoms with E-state index < -0.39 is 12.0 Å². The van der Waals surface area contributed by atoms with Gasteiger partial charge in [0, 0.05) is 5.56 Å². The first-order valence-corrected chi connectivity index (χ1v) is 7.62. The van der Waals surface area contributed by atoms with Gasteiger partial charge in [-0.1, -0.05) is 41.9 Å².